The molecule has 0 aliphatic carbocycles. The van der Waals surface area contributed by atoms with E-state index < -0.39 is 17.6 Å². The fraction of sp³-hybridized carbons (Fsp3) is 0.160. The maximum Gasteiger partial charge on any atom is 0.416 e. The van der Waals surface area contributed by atoms with Crippen LogP contribution in [0.3, 0.4) is 0 Å². The summed E-state index contributed by atoms with van der Waals surface area (Å²) in [6.07, 6.45) is -4.56. The minimum absolute atomic E-state index is 0.00408. The molecular formula is C25H20ClF3N4O2S. The molecular weight excluding hydrogens is 513 g/mol. The molecule has 1 heterocycles. The van der Waals surface area contributed by atoms with Crippen LogP contribution in [0.5, 0.6) is 5.75 Å². The molecule has 36 heavy (non-hydrogen) atoms. The van der Waals surface area contributed by atoms with Gasteiger partial charge in [0.05, 0.1) is 29.1 Å². The Morgan fingerprint density at radius 1 is 1.06 bits per heavy atom. The number of aryl methyl sites for hydroxylation is 1. The van der Waals surface area contributed by atoms with Crippen LogP contribution in [-0.2, 0) is 11.0 Å². The summed E-state index contributed by atoms with van der Waals surface area (Å²) in [5.74, 6) is 0.580. The van der Waals surface area contributed by atoms with Gasteiger partial charge in [-0.15, -0.1) is 10.2 Å². The lowest BCUT2D eigenvalue weighted by Gasteiger charge is -2.13. The second-order valence-electron chi connectivity index (χ2n) is 7.73. The van der Waals surface area contributed by atoms with E-state index in [0.717, 1.165) is 46.8 Å². The average molecular weight is 533 g/mol. The summed E-state index contributed by atoms with van der Waals surface area (Å²) in [6.45, 7) is 1.98. The summed E-state index contributed by atoms with van der Waals surface area (Å²) >= 11 is 7.09. The smallest absolute Gasteiger partial charge is 0.416 e. The Morgan fingerprint density at radius 2 is 1.75 bits per heavy atom. The Kier molecular flexibility index (Phi) is 7.56. The van der Waals surface area contributed by atoms with Crippen LogP contribution < -0.4 is 10.1 Å². The van der Waals surface area contributed by atoms with Crippen LogP contribution in [0, 0.1) is 6.92 Å². The van der Waals surface area contributed by atoms with Crippen molar-refractivity contribution >= 4 is 35.0 Å². The van der Waals surface area contributed by atoms with Crippen molar-refractivity contribution in [2.75, 3.05) is 18.2 Å². The number of amides is 1. The number of aromatic nitrogens is 3. The molecule has 186 valence electrons. The highest BCUT2D eigenvalue weighted by atomic mass is 35.5. The zero-order valence-corrected chi connectivity index (χ0v) is 20.7. The largest absolute Gasteiger partial charge is 0.497 e. The van der Waals surface area contributed by atoms with E-state index in [0.29, 0.717) is 16.7 Å². The summed E-state index contributed by atoms with van der Waals surface area (Å²) in [6, 6.07) is 17.8. The number of methoxy groups -OCH3 is 1. The molecule has 0 aliphatic rings. The van der Waals surface area contributed by atoms with Crippen LogP contribution in [-0.4, -0.2) is 33.5 Å². The maximum absolute atomic E-state index is 13.0. The standard InChI is InChI=1S/C25H20ClF3N4O2S/c1-15-3-5-16(6-4-15)23-31-32-24(33(23)18-8-10-19(35-2)11-9-18)36-14-22(34)30-21-13-17(25(27,28)29)7-12-20(21)26/h3-13H,14H2,1-2H3,(H,30,34). The van der Waals surface area contributed by atoms with Gasteiger partial charge in [0.2, 0.25) is 5.91 Å². The predicted molar refractivity (Wildman–Crippen MR) is 134 cm³/mol. The van der Waals surface area contributed by atoms with Crippen molar-refractivity contribution in [2.45, 2.75) is 18.3 Å². The molecule has 4 rings (SSSR count). The number of nitrogens with one attached hydrogen (secondary N) is 1. The number of benzene rings is 3. The van der Waals surface area contributed by atoms with E-state index in [2.05, 4.69) is 15.5 Å². The molecule has 3 aromatic carbocycles. The number of thioether (sulfide) groups is 1. The van der Waals surface area contributed by atoms with Crippen molar-refractivity contribution in [1.82, 2.24) is 14.8 Å². The van der Waals surface area contributed by atoms with E-state index in [1.54, 1.807) is 23.8 Å². The van der Waals surface area contributed by atoms with Crippen molar-refractivity contribution in [3.8, 4) is 22.8 Å². The van der Waals surface area contributed by atoms with Crippen molar-refractivity contribution < 1.29 is 22.7 Å². The normalized spacial score (nSPS) is 11.4. The topological polar surface area (TPSA) is 69.0 Å². The Bertz CT molecular complexity index is 1370. The van der Waals surface area contributed by atoms with Gasteiger partial charge in [-0.1, -0.05) is 53.2 Å². The molecule has 0 spiro atoms. The molecule has 0 saturated heterocycles. The van der Waals surface area contributed by atoms with Crippen LogP contribution in [0.25, 0.3) is 17.1 Å². The van der Waals surface area contributed by atoms with Crippen molar-refractivity contribution in [1.29, 1.82) is 0 Å². The van der Waals surface area contributed by atoms with Crippen LogP contribution in [0.1, 0.15) is 11.1 Å². The van der Waals surface area contributed by atoms with E-state index in [4.69, 9.17) is 16.3 Å². The molecule has 0 aliphatic heterocycles. The number of anilines is 1. The summed E-state index contributed by atoms with van der Waals surface area (Å²) in [5.41, 5.74) is 1.65. The second kappa shape index (κ2) is 10.6. The monoisotopic (exact) mass is 532 g/mol. The van der Waals surface area contributed by atoms with E-state index >= 15 is 0 Å². The van der Waals surface area contributed by atoms with Gasteiger partial charge >= 0.3 is 6.18 Å². The number of nitrogens with zero attached hydrogens (tertiary/aromatic N) is 3. The van der Waals surface area contributed by atoms with Gasteiger partial charge in [0.1, 0.15) is 5.75 Å². The number of alkyl halides is 3. The quantitative estimate of drug-likeness (QED) is 0.270. The Labute approximate surface area is 214 Å². The third-order valence-corrected chi connectivity index (χ3v) is 6.43. The minimum Gasteiger partial charge on any atom is -0.497 e. The van der Waals surface area contributed by atoms with Gasteiger partial charge in [-0.05, 0) is 49.4 Å². The lowest BCUT2D eigenvalue weighted by atomic mass is 10.1. The first-order valence-corrected chi connectivity index (χ1v) is 12.0. The maximum atomic E-state index is 13.0. The molecule has 1 amide bonds. The van der Waals surface area contributed by atoms with Gasteiger partial charge < -0.3 is 10.1 Å². The van der Waals surface area contributed by atoms with Crippen molar-refractivity contribution in [2.24, 2.45) is 0 Å². The van der Waals surface area contributed by atoms with Gasteiger partial charge in [-0.25, -0.2) is 0 Å². The zero-order chi connectivity index (χ0) is 25.9. The molecule has 0 radical (unpaired) electrons. The number of hydrogen-bond donors (Lipinski definition) is 1. The molecule has 0 saturated carbocycles. The summed E-state index contributed by atoms with van der Waals surface area (Å²) in [4.78, 5) is 12.6. The second-order valence-corrected chi connectivity index (χ2v) is 9.08. The zero-order valence-electron chi connectivity index (χ0n) is 19.1. The highest BCUT2D eigenvalue weighted by Crippen LogP contribution is 2.34. The molecule has 1 aromatic heterocycles. The fourth-order valence-electron chi connectivity index (χ4n) is 3.33. The molecule has 1 N–H and O–H groups in total. The number of halogens is 4. The van der Waals surface area contributed by atoms with E-state index in [1.807, 2.05) is 43.3 Å². The molecule has 0 fully saturated rings. The minimum atomic E-state index is -4.56. The molecule has 11 heteroatoms. The molecule has 4 aromatic rings. The van der Waals surface area contributed by atoms with E-state index in [1.165, 1.54) is 0 Å². The number of hydrogen-bond acceptors (Lipinski definition) is 5. The van der Waals surface area contributed by atoms with Gasteiger partial charge in [-0.3, -0.25) is 9.36 Å². The van der Waals surface area contributed by atoms with Gasteiger partial charge in [0, 0.05) is 11.3 Å². The predicted octanol–water partition coefficient (Wildman–Crippen LogP) is 6.65. The van der Waals surface area contributed by atoms with Crippen LogP contribution >= 0.6 is 23.4 Å². The molecule has 0 unspecified atom stereocenters. The van der Waals surface area contributed by atoms with Gasteiger partial charge in [-0.2, -0.15) is 13.2 Å². The van der Waals surface area contributed by atoms with Crippen LogP contribution in [0.15, 0.2) is 71.9 Å². The highest BCUT2D eigenvalue weighted by Gasteiger charge is 2.31. The third-order valence-electron chi connectivity index (χ3n) is 5.17. The molecule has 6 nitrogen and oxygen atoms in total. The lowest BCUT2D eigenvalue weighted by molar-refractivity contribution is -0.137. The van der Waals surface area contributed by atoms with Crippen molar-refractivity contribution in [3.63, 3.8) is 0 Å². The Balaban J connectivity index is 1.59. The van der Waals surface area contributed by atoms with E-state index in [9.17, 15) is 18.0 Å². The van der Waals surface area contributed by atoms with Crippen LogP contribution in [0.4, 0.5) is 18.9 Å². The van der Waals surface area contributed by atoms with Gasteiger partial charge in [0.15, 0.2) is 11.0 Å². The summed E-state index contributed by atoms with van der Waals surface area (Å²) < 4.78 is 46.2. The third kappa shape index (κ3) is 5.83. The number of carbonyl (C=O) groups excluding carboxylic acids is 1. The first kappa shape index (κ1) is 25.6. The Morgan fingerprint density at radius 3 is 2.39 bits per heavy atom. The molecule has 0 bridgehead atoms. The van der Waals surface area contributed by atoms with Gasteiger partial charge in [0.25, 0.3) is 0 Å². The summed E-state index contributed by atoms with van der Waals surface area (Å²) in [5, 5.41) is 11.5. The number of ether oxygens (including phenoxy) is 1. The summed E-state index contributed by atoms with van der Waals surface area (Å²) in [7, 11) is 1.57. The first-order chi connectivity index (χ1) is 17.2. The number of rotatable bonds is 7. The Hall–Kier alpha value is -3.50. The lowest BCUT2D eigenvalue weighted by Crippen LogP contribution is -2.16. The fourth-order valence-corrected chi connectivity index (χ4v) is 4.25. The average Bonchev–Trinajstić information content (AvgIpc) is 3.28. The van der Waals surface area contributed by atoms with Crippen LogP contribution in [0.2, 0.25) is 5.02 Å². The van der Waals surface area contributed by atoms with Crippen molar-refractivity contribution in [3.05, 3.63) is 82.9 Å². The van der Waals surface area contributed by atoms with E-state index in [-0.39, 0.29) is 16.5 Å². The highest BCUT2D eigenvalue weighted by molar-refractivity contribution is 7.99. The molecule has 0 atom stereocenters. The first-order valence-electron chi connectivity index (χ1n) is 10.6. The number of carbonyl (C=O) groups is 1. The SMILES string of the molecule is COc1ccc(-n2c(SCC(=O)Nc3cc(C(F)(F)F)ccc3Cl)nnc2-c2ccc(C)cc2)cc1.